The molecule has 0 radical (unpaired) electrons. The van der Waals surface area contributed by atoms with Crippen LogP contribution in [0, 0.1) is 5.92 Å². The maximum absolute atomic E-state index is 4.58. The highest BCUT2D eigenvalue weighted by atomic mass is 15.3. The predicted octanol–water partition coefficient (Wildman–Crippen LogP) is 1.15. The third-order valence-electron chi connectivity index (χ3n) is 4.75. The van der Waals surface area contributed by atoms with Gasteiger partial charge in [0.15, 0.2) is 0 Å². The van der Waals surface area contributed by atoms with E-state index in [1.807, 2.05) is 0 Å². The van der Waals surface area contributed by atoms with E-state index in [-0.39, 0.29) is 0 Å². The number of piperidine rings is 1. The van der Waals surface area contributed by atoms with Gasteiger partial charge < -0.3 is 10.2 Å². The Bertz CT molecular complexity index is 445. The minimum Gasteiger partial charge on any atom is -0.354 e. The van der Waals surface area contributed by atoms with Crippen molar-refractivity contribution in [1.29, 1.82) is 0 Å². The molecule has 2 fully saturated rings. The molecule has 1 aromatic heterocycles. The summed E-state index contributed by atoms with van der Waals surface area (Å²) >= 11 is 0. The molecule has 4 rings (SSSR count). The van der Waals surface area contributed by atoms with Crippen molar-refractivity contribution in [2.75, 3.05) is 24.5 Å². The lowest BCUT2D eigenvalue weighted by Crippen LogP contribution is -2.40. The molecule has 0 aromatic carbocycles. The number of aromatic nitrogens is 2. The molecule has 0 bridgehead atoms. The molecule has 2 aliphatic heterocycles. The van der Waals surface area contributed by atoms with E-state index in [1.54, 1.807) is 6.33 Å². The van der Waals surface area contributed by atoms with Crippen molar-refractivity contribution in [3.8, 4) is 0 Å². The highest BCUT2D eigenvalue weighted by Crippen LogP contribution is 2.33. The fraction of sp³-hybridized carbons (Fsp3) is 0.714. The molecule has 0 spiro atoms. The Labute approximate surface area is 108 Å². The number of hydrogen-bond acceptors (Lipinski definition) is 4. The van der Waals surface area contributed by atoms with Crippen LogP contribution in [0.1, 0.15) is 30.5 Å². The van der Waals surface area contributed by atoms with Gasteiger partial charge in [-0.2, -0.15) is 0 Å². The quantitative estimate of drug-likeness (QED) is 0.804. The van der Waals surface area contributed by atoms with Crippen LogP contribution in [-0.4, -0.2) is 35.6 Å². The summed E-state index contributed by atoms with van der Waals surface area (Å²) in [5.74, 6) is 2.06. The lowest BCUT2D eigenvalue weighted by Gasteiger charge is -2.24. The third-order valence-corrected chi connectivity index (χ3v) is 4.75. The number of hydrogen-bond donors (Lipinski definition) is 1. The van der Waals surface area contributed by atoms with Crippen LogP contribution in [0.3, 0.4) is 0 Å². The first-order valence-electron chi connectivity index (χ1n) is 7.23. The fourth-order valence-electron chi connectivity index (χ4n) is 3.83. The summed E-state index contributed by atoms with van der Waals surface area (Å²) in [6.07, 6.45) is 8.03. The van der Waals surface area contributed by atoms with Crippen molar-refractivity contribution in [2.24, 2.45) is 5.92 Å². The van der Waals surface area contributed by atoms with Crippen LogP contribution < -0.4 is 10.2 Å². The molecule has 0 amide bonds. The van der Waals surface area contributed by atoms with Crippen LogP contribution in [-0.2, 0) is 12.8 Å². The minimum atomic E-state index is 0.686. The SMILES string of the molecule is c1nc2c(c(N3C[C@@H]4CCCN[C@@H]4C3)n1)CCC2. The van der Waals surface area contributed by atoms with Gasteiger partial charge in [0.05, 0.1) is 0 Å². The van der Waals surface area contributed by atoms with Crippen molar-refractivity contribution in [2.45, 2.75) is 38.1 Å². The molecule has 0 saturated carbocycles. The fourth-order valence-corrected chi connectivity index (χ4v) is 3.83. The van der Waals surface area contributed by atoms with E-state index >= 15 is 0 Å². The van der Waals surface area contributed by atoms with Crippen LogP contribution in [0.25, 0.3) is 0 Å². The van der Waals surface area contributed by atoms with Crippen LogP contribution in [0.5, 0.6) is 0 Å². The van der Waals surface area contributed by atoms with E-state index in [4.69, 9.17) is 0 Å². The topological polar surface area (TPSA) is 41.1 Å². The van der Waals surface area contributed by atoms with E-state index in [1.165, 1.54) is 55.8 Å². The third kappa shape index (κ3) is 1.62. The van der Waals surface area contributed by atoms with E-state index in [2.05, 4.69) is 20.2 Å². The maximum Gasteiger partial charge on any atom is 0.135 e. The molecule has 4 heteroatoms. The summed E-state index contributed by atoms with van der Waals surface area (Å²) in [4.78, 5) is 11.5. The second-order valence-electron chi connectivity index (χ2n) is 5.84. The Kier molecular flexibility index (Phi) is 2.50. The van der Waals surface area contributed by atoms with Crippen molar-refractivity contribution in [3.63, 3.8) is 0 Å². The summed E-state index contributed by atoms with van der Waals surface area (Å²) in [5.41, 5.74) is 2.72. The number of rotatable bonds is 1. The van der Waals surface area contributed by atoms with Gasteiger partial charge in [0.1, 0.15) is 12.1 Å². The van der Waals surface area contributed by atoms with Crippen LogP contribution >= 0.6 is 0 Å². The molecular formula is C14H20N4. The average molecular weight is 244 g/mol. The Morgan fingerprint density at radius 1 is 1.17 bits per heavy atom. The first-order valence-corrected chi connectivity index (χ1v) is 7.23. The zero-order valence-electron chi connectivity index (χ0n) is 10.7. The van der Waals surface area contributed by atoms with Crippen molar-refractivity contribution >= 4 is 5.82 Å². The summed E-state index contributed by atoms with van der Waals surface area (Å²) < 4.78 is 0. The van der Waals surface area contributed by atoms with E-state index < -0.39 is 0 Å². The van der Waals surface area contributed by atoms with Gasteiger partial charge in [-0.25, -0.2) is 9.97 Å². The zero-order chi connectivity index (χ0) is 11.9. The van der Waals surface area contributed by atoms with E-state index in [0.717, 1.165) is 18.9 Å². The largest absolute Gasteiger partial charge is 0.354 e. The van der Waals surface area contributed by atoms with Crippen molar-refractivity contribution in [3.05, 3.63) is 17.6 Å². The van der Waals surface area contributed by atoms with E-state index in [9.17, 15) is 0 Å². The van der Waals surface area contributed by atoms with Crippen molar-refractivity contribution in [1.82, 2.24) is 15.3 Å². The van der Waals surface area contributed by atoms with E-state index in [0.29, 0.717) is 6.04 Å². The second kappa shape index (κ2) is 4.19. The second-order valence-corrected chi connectivity index (χ2v) is 5.84. The zero-order valence-corrected chi connectivity index (χ0v) is 10.7. The van der Waals surface area contributed by atoms with Crippen LogP contribution in [0.4, 0.5) is 5.82 Å². The molecule has 0 unspecified atom stereocenters. The van der Waals surface area contributed by atoms with Crippen LogP contribution in [0.15, 0.2) is 6.33 Å². The summed E-state index contributed by atoms with van der Waals surface area (Å²) in [7, 11) is 0. The summed E-state index contributed by atoms with van der Waals surface area (Å²) in [6, 6.07) is 0.686. The highest BCUT2D eigenvalue weighted by Gasteiger charge is 2.36. The maximum atomic E-state index is 4.58. The minimum absolute atomic E-state index is 0.686. The normalized spacial score (nSPS) is 30.3. The van der Waals surface area contributed by atoms with Crippen LogP contribution in [0.2, 0.25) is 0 Å². The number of nitrogens with zero attached hydrogens (tertiary/aromatic N) is 3. The molecule has 1 aromatic rings. The van der Waals surface area contributed by atoms with Gasteiger partial charge in [-0.1, -0.05) is 0 Å². The number of aryl methyl sites for hydroxylation is 1. The van der Waals surface area contributed by atoms with Gasteiger partial charge in [-0.05, 0) is 44.6 Å². The molecule has 2 saturated heterocycles. The molecule has 1 N–H and O–H groups in total. The lowest BCUT2D eigenvalue weighted by molar-refractivity contribution is 0.340. The highest BCUT2D eigenvalue weighted by molar-refractivity contribution is 5.51. The first kappa shape index (κ1) is 10.7. The van der Waals surface area contributed by atoms with Gasteiger partial charge >= 0.3 is 0 Å². The van der Waals surface area contributed by atoms with Gasteiger partial charge in [-0.3, -0.25) is 0 Å². The van der Waals surface area contributed by atoms with Gasteiger partial charge in [-0.15, -0.1) is 0 Å². The summed E-state index contributed by atoms with van der Waals surface area (Å²) in [6.45, 7) is 3.51. The smallest absolute Gasteiger partial charge is 0.135 e. The van der Waals surface area contributed by atoms with Gasteiger partial charge in [0, 0.05) is 30.4 Å². The monoisotopic (exact) mass is 244 g/mol. The Balaban J connectivity index is 1.63. The molecule has 1 aliphatic carbocycles. The molecule has 3 aliphatic rings. The Morgan fingerprint density at radius 2 is 2.17 bits per heavy atom. The van der Waals surface area contributed by atoms with Gasteiger partial charge in [0.2, 0.25) is 0 Å². The number of fused-ring (bicyclic) bond motifs is 2. The van der Waals surface area contributed by atoms with Gasteiger partial charge in [0.25, 0.3) is 0 Å². The average Bonchev–Trinajstić information content (AvgIpc) is 3.04. The molecule has 96 valence electrons. The molecule has 2 atom stereocenters. The Hall–Kier alpha value is -1.16. The lowest BCUT2D eigenvalue weighted by atomic mass is 9.94. The molecule has 18 heavy (non-hydrogen) atoms. The molecular weight excluding hydrogens is 224 g/mol. The summed E-state index contributed by atoms with van der Waals surface area (Å²) in [5, 5.41) is 3.66. The standard InChI is InChI=1S/C14H20N4/c1-4-11-12(5-1)16-9-17-14(11)18-7-10-3-2-6-15-13(10)8-18/h9-10,13,15H,1-8H2/t10-,13+/m0/s1. The first-order chi connectivity index (χ1) is 8.92. The molecule has 4 nitrogen and oxygen atoms in total. The number of anilines is 1. The Morgan fingerprint density at radius 3 is 3.11 bits per heavy atom. The molecule has 3 heterocycles. The number of nitrogens with one attached hydrogen (secondary N) is 1. The van der Waals surface area contributed by atoms with Crippen molar-refractivity contribution < 1.29 is 0 Å². The predicted molar refractivity (Wildman–Crippen MR) is 70.8 cm³/mol.